The van der Waals surface area contributed by atoms with Crippen LogP contribution in [-0.4, -0.2) is 34.5 Å². The van der Waals surface area contributed by atoms with E-state index in [1.807, 2.05) is 0 Å². The molecule has 2 amide bonds. The van der Waals surface area contributed by atoms with Gasteiger partial charge in [0, 0.05) is 31.5 Å². The molecule has 0 saturated carbocycles. The smallest absolute Gasteiger partial charge is 0.253 e. The Hall–Kier alpha value is -1.86. The maximum Gasteiger partial charge on any atom is 0.253 e. The van der Waals surface area contributed by atoms with E-state index in [0.29, 0.717) is 19.4 Å². The van der Waals surface area contributed by atoms with Crippen LogP contribution in [0.25, 0.3) is 0 Å². The molecule has 1 atom stereocenters. The summed E-state index contributed by atoms with van der Waals surface area (Å²) < 4.78 is 0. The summed E-state index contributed by atoms with van der Waals surface area (Å²) in [5, 5.41) is 8.92. The summed E-state index contributed by atoms with van der Waals surface area (Å²) in [6.07, 6.45) is 17.6. The lowest BCUT2D eigenvalue weighted by Gasteiger charge is -2.12. The second-order valence-electron chi connectivity index (χ2n) is 8.02. The maximum absolute atomic E-state index is 11.3. The SMILES string of the molecule is C=C1C#CCC(O)C1.CCC.CCCCCCCCCCCCN1C(=O)C=CC1=O. The molecule has 1 heterocycles. The Morgan fingerprint density at radius 1 is 0.933 bits per heavy atom. The molecule has 0 spiro atoms. The molecule has 1 aliphatic carbocycles. The van der Waals surface area contributed by atoms with Gasteiger partial charge in [0.25, 0.3) is 11.8 Å². The summed E-state index contributed by atoms with van der Waals surface area (Å²) in [5.74, 6) is 5.29. The van der Waals surface area contributed by atoms with Gasteiger partial charge in [0.15, 0.2) is 0 Å². The van der Waals surface area contributed by atoms with Gasteiger partial charge in [-0.05, 0) is 12.0 Å². The first-order valence-electron chi connectivity index (χ1n) is 11.8. The molecule has 0 aromatic rings. The van der Waals surface area contributed by atoms with Crippen LogP contribution in [-0.2, 0) is 9.59 Å². The molecule has 170 valence electrons. The highest BCUT2D eigenvalue weighted by Gasteiger charge is 2.21. The van der Waals surface area contributed by atoms with Gasteiger partial charge in [0.2, 0.25) is 0 Å². The van der Waals surface area contributed by atoms with Crippen molar-refractivity contribution in [1.82, 2.24) is 4.90 Å². The van der Waals surface area contributed by atoms with E-state index in [4.69, 9.17) is 5.11 Å². The van der Waals surface area contributed by atoms with Crippen LogP contribution in [0.4, 0.5) is 0 Å². The molecule has 1 aliphatic heterocycles. The zero-order valence-corrected chi connectivity index (χ0v) is 19.5. The van der Waals surface area contributed by atoms with E-state index in [1.54, 1.807) is 0 Å². The summed E-state index contributed by atoms with van der Waals surface area (Å²) in [4.78, 5) is 23.9. The van der Waals surface area contributed by atoms with Crippen molar-refractivity contribution in [3.63, 3.8) is 0 Å². The van der Waals surface area contributed by atoms with E-state index in [1.165, 1.54) is 74.8 Å². The van der Waals surface area contributed by atoms with Crippen molar-refractivity contribution in [2.45, 2.75) is 110 Å². The minimum absolute atomic E-state index is 0.152. The Labute approximate surface area is 184 Å². The average Bonchev–Trinajstić information content (AvgIpc) is 3.02. The van der Waals surface area contributed by atoms with Crippen LogP contribution in [0.1, 0.15) is 104 Å². The average molecular weight is 418 g/mol. The Balaban J connectivity index is 0.000000628. The number of hydrogen-bond donors (Lipinski definition) is 1. The van der Waals surface area contributed by atoms with Gasteiger partial charge in [-0.25, -0.2) is 0 Å². The molecule has 0 aromatic carbocycles. The zero-order valence-electron chi connectivity index (χ0n) is 19.5. The minimum Gasteiger partial charge on any atom is -0.392 e. The third kappa shape index (κ3) is 15.0. The molecule has 0 bridgehead atoms. The van der Waals surface area contributed by atoms with E-state index in [2.05, 4.69) is 39.2 Å². The summed E-state index contributed by atoms with van der Waals surface area (Å²) >= 11 is 0. The molecular weight excluding hydrogens is 374 g/mol. The number of rotatable bonds is 11. The molecule has 2 aliphatic rings. The highest BCUT2D eigenvalue weighted by Crippen LogP contribution is 2.12. The van der Waals surface area contributed by atoms with Gasteiger partial charge in [-0.1, -0.05) is 103 Å². The monoisotopic (exact) mass is 417 g/mol. The lowest BCUT2D eigenvalue weighted by molar-refractivity contribution is -0.136. The minimum atomic E-state index is -0.260. The lowest BCUT2D eigenvalue weighted by Crippen LogP contribution is -2.30. The van der Waals surface area contributed by atoms with E-state index < -0.39 is 0 Å². The van der Waals surface area contributed by atoms with E-state index in [9.17, 15) is 9.59 Å². The fourth-order valence-electron chi connectivity index (χ4n) is 3.11. The number of amides is 2. The second-order valence-corrected chi connectivity index (χ2v) is 8.02. The zero-order chi connectivity index (χ0) is 22.6. The maximum atomic E-state index is 11.3. The van der Waals surface area contributed by atoms with Crippen molar-refractivity contribution in [1.29, 1.82) is 0 Å². The first-order chi connectivity index (χ1) is 14.5. The second kappa shape index (κ2) is 19.1. The quantitative estimate of drug-likeness (QED) is 0.257. The van der Waals surface area contributed by atoms with Crippen LogP contribution in [0.3, 0.4) is 0 Å². The largest absolute Gasteiger partial charge is 0.392 e. The summed E-state index contributed by atoms with van der Waals surface area (Å²) in [7, 11) is 0. The molecule has 1 unspecified atom stereocenters. The first kappa shape index (κ1) is 28.1. The third-order valence-corrected chi connectivity index (χ3v) is 4.72. The Kier molecular flexibility index (Phi) is 17.9. The molecule has 4 heteroatoms. The number of imide groups is 1. The highest BCUT2D eigenvalue weighted by molar-refractivity contribution is 6.12. The lowest BCUT2D eigenvalue weighted by atomic mass is 10.0. The first-order valence-corrected chi connectivity index (χ1v) is 11.8. The number of hydrogen-bond acceptors (Lipinski definition) is 3. The Bertz CT molecular complexity index is 565. The van der Waals surface area contributed by atoms with E-state index in [0.717, 1.165) is 18.4 Å². The topological polar surface area (TPSA) is 57.6 Å². The molecule has 2 rings (SSSR count). The van der Waals surface area contributed by atoms with Crippen LogP contribution in [0, 0.1) is 11.8 Å². The predicted molar refractivity (Wildman–Crippen MR) is 126 cm³/mol. The number of aliphatic hydroxyl groups excluding tert-OH is 1. The number of carbonyl (C=O) groups is 2. The van der Waals surface area contributed by atoms with Crippen molar-refractivity contribution in [3.8, 4) is 11.8 Å². The number of unbranched alkanes of at least 4 members (excludes halogenated alkanes) is 9. The van der Waals surface area contributed by atoms with Gasteiger partial charge in [-0.3, -0.25) is 14.5 Å². The summed E-state index contributed by atoms with van der Waals surface area (Å²) in [6.45, 7) is 10.7. The van der Waals surface area contributed by atoms with Crippen LogP contribution in [0.5, 0.6) is 0 Å². The molecule has 1 N–H and O–H groups in total. The van der Waals surface area contributed by atoms with Gasteiger partial charge in [0.1, 0.15) is 0 Å². The Morgan fingerprint density at radius 3 is 1.80 bits per heavy atom. The molecule has 0 radical (unpaired) electrons. The molecule has 0 fully saturated rings. The van der Waals surface area contributed by atoms with Crippen LogP contribution in [0.2, 0.25) is 0 Å². The van der Waals surface area contributed by atoms with Crippen LogP contribution >= 0.6 is 0 Å². The summed E-state index contributed by atoms with van der Waals surface area (Å²) in [5.41, 5.74) is 0.851. The third-order valence-electron chi connectivity index (χ3n) is 4.72. The van der Waals surface area contributed by atoms with Crippen molar-refractivity contribution in [3.05, 3.63) is 24.3 Å². The molecule has 4 nitrogen and oxygen atoms in total. The summed E-state index contributed by atoms with van der Waals surface area (Å²) in [6, 6.07) is 0. The van der Waals surface area contributed by atoms with Crippen molar-refractivity contribution >= 4 is 11.8 Å². The normalized spacial score (nSPS) is 17.0. The molecular formula is C26H43NO3. The van der Waals surface area contributed by atoms with Gasteiger partial charge in [-0.15, -0.1) is 0 Å². The van der Waals surface area contributed by atoms with Crippen LogP contribution < -0.4 is 0 Å². The van der Waals surface area contributed by atoms with Crippen molar-refractivity contribution in [2.75, 3.05) is 6.54 Å². The molecule has 0 aromatic heterocycles. The van der Waals surface area contributed by atoms with Gasteiger partial charge in [-0.2, -0.15) is 0 Å². The van der Waals surface area contributed by atoms with Crippen LogP contribution in [0.15, 0.2) is 24.3 Å². The fourth-order valence-corrected chi connectivity index (χ4v) is 3.11. The van der Waals surface area contributed by atoms with Gasteiger partial charge < -0.3 is 5.11 Å². The van der Waals surface area contributed by atoms with Gasteiger partial charge >= 0.3 is 0 Å². The number of nitrogens with zero attached hydrogens (tertiary/aromatic N) is 1. The van der Waals surface area contributed by atoms with Crippen molar-refractivity contribution in [2.24, 2.45) is 0 Å². The predicted octanol–water partition coefficient (Wildman–Crippen LogP) is 5.95. The molecule has 0 saturated heterocycles. The van der Waals surface area contributed by atoms with E-state index in [-0.39, 0.29) is 17.9 Å². The van der Waals surface area contributed by atoms with E-state index >= 15 is 0 Å². The standard InChI is InChI=1S/C16H27NO2.C7H8O.C3H8/c1-2-3-4-5-6-7-8-9-10-11-14-17-15(18)12-13-16(17)19;1-6-3-2-4-7(8)5-6;1-3-2/h12-13H,2-11,14H2,1H3;7-8H,1,4-5H2;3H2,1-2H3. The number of aliphatic hydroxyl groups is 1. The van der Waals surface area contributed by atoms with Crippen molar-refractivity contribution < 1.29 is 14.7 Å². The highest BCUT2D eigenvalue weighted by atomic mass is 16.3. The fraction of sp³-hybridized carbons (Fsp3) is 0.692. The number of carbonyl (C=O) groups excluding carboxylic acids is 2. The molecule has 30 heavy (non-hydrogen) atoms. The Morgan fingerprint density at radius 2 is 1.40 bits per heavy atom. The van der Waals surface area contributed by atoms with Gasteiger partial charge in [0.05, 0.1) is 6.10 Å².